The molecular formula is C18H19F2N5. The first kappa shape index (κ1) is 16.1. The lowest BCUT2D eigenvalue weighted by molar-refractivity contribution is 0.195. The molecule has 1 atom stereocenters. The van der Waals surface area contributed by atoms with Crippen LogP contribution < -0.4 is 0 Å². The standard InChI is InChI=1S/C18H19F2N5/c1-12-7-17(25-18(23-12)21-11-22-25)13-3-2-6-24(9-13)10-14-8-15(19)4-5-16(14)20/h4-5,7-8,11,13H,2-3,6,9-10H2,1H3. The number of rotatable bonds is 3. The van der Waals surface area contributed by atoms with Gasteiger partial charge in [-0.05, 0) is 50.6 Å². The largest absolute Gasteiger partial charge is 0.298 e. The molecule has 2 aromatic heterocycles. The van der Waals surface area contributed by atoms with Crippen LogP contribution in [0.1, 0.15) is 35.7 Å². The first-order chi connectivity index (χ1) is 12.1. The SMILES string of the molecule is Cc1cc(C2CCCN(Cc3cc(F)ccc3F)C2)n2ncnc2n1. The Morgan fingerprint density at radius 2 is 2.12 bits per heavy atom. The van der Waals surface area contributed by atoms with Crippen LogP contribution in [0.3, 0.4) is 0 Å². The quantitative estimate of drug-likeness (QED) is 0.733. The van der Waals surface area contributed by atoms with Gasteiger partial charge in [-0.3, -0.25) is 4.90 Å². The zero-order valence-electron chi connectivity index (χ0n) is 14.0. The van der Waals surface area contributed by atoms with Crippen LogP contribution in [0, 0.1) is 18.6 Å². The third kappa shape index (κ3) is 3.24. The van der Waals surface area contributed by atoms with Crippen molar-refractivity contribution in [2.24, 2.45) is 0 Å². The van der Waals surface area contributed by atoms with E-state index in [0.717, 1.165) is 43.4 Å². The second-order valence-corrected chi connectivity index (χ2v) is 6.60. The highest BCUT2D eigenvalue weighted by molar-refractivity contribution is 5.31. The number of aryl methyl sites for hydroxylation is 1. The summed E-state index contributed by atoms with van der Waals surface area (Å²) in [5, 5.41) is 4.28. The maximum Gasteiger partial charge on any atom is 0.252 e. The molecule has 0 saturated carbocycles. The van der Waals surface area contributed by atoms with Gasteiger partial charge < -0.3 is 0 Å². The molecule has 1 aliphatic heterocycles. The van der Waals surface area contributed by atoms with Gasteiger partial charge in [0.1, 0.15) is 18.0 Å². The molecule has 1 aliphatic rings. The summed E-state index contributed by atoms with van der Waals surface area (Å²) in [6.45, 7) is 4.00. The van der Waals surface area contributed by atoms with Crippen molar-refractivity contribution in [3.05, 3.63) is 59.2 Å². The second kappa shape index (κ2) is 6.48. The summed E-state index contributed by atoms with van der Waals surface area (Å²) in [5.74, 6) is 0.0977. The molecule has 0 radical (unpaired) electrons. The van der Waals surface area contributed by atoms with E-state index in [1.54, 1.807) is 4.52 Å². The van der Waals surface area contributed by atoms with Crippen LogP contribution in [0.25, 0.3) is 5.78 Å². The molecule has 130 valence electrons. The molecule has 7 heteroatoms. The number of hydrogen-bond donors (Lipinski definition) is 0. The number of hydrogen-bond acceptors (Lipinski definition) is 4. The van der Waals surface area contributed by atoms with Crippen LogP contribution in [0.15, 0.2) is 30.6 Å². The molecule has 0 N–H and O–H groups in total. The van der Waals surface area contributed by atoms with Crippen molar-refractivity contribution in [1.29, 1.82) is 0 Å². The van der Waals surface area contributed by atoms with E-state index in [9.17, 15) is 8.78 Å². The lowest BCUT2D eigenvalue weighted by Crippen LogP contribution is -2.35. The van der Waals surface area contributed by atoms with Gasteiger partial charge in [-0.2, -0.15) is 10.1 Å². The van der Waals surface area contributed by atoms with Crippen molar-refractivity contribution < 1.29 is 8.78 Å². The molecule has 1 aromatic carbocycles. The summed E-state index contributed by atoms with van der Waals surface area (Å²) in [4.78, 5) is 10.7. The third-order valence-corrected chi connectivity index (χ3v) is 4.73. The Balaban J connectivity index is 1.58. The minimum atomic E-state index is -0.404. The average Bonchev–Trinajstić information content (AvgIpc) is 3.06. The fourth-order valence-corrected chi connectivity index (χ4v) is 3.60. The Bertz CT molecular complexity index is 908. The van der Waals surface area contributed by atoms with E-state index >= 15 is 0 Å². The first-order valence-corrected chi connectivity index (χ1v) is 8.44. The third-order valence-electron chi connectivity index (χ3n) is 4.73. The summed E-state index contributed by atoms with van der Waals surface area (Å²) in [7, 11) is 0. The normalized spacial score (nSPS) is 18.8. The van der Waals surface area contributed by atoms with Crippen LogP contribution >= 0.6 is 0 Å². The fourth-order valence-electron chi connectivity index (χ4n) is 3.60. The van der Waals surface area contributed by atoms with E-state index in [-0.39, 0.29) is 11.7 Å². The van der Waals surface area contributed by atoms with E-state index in [1.165, 1.54) is 18.5 Å². The summed E-state index contributed by atoms with van der Waals surface area (Å²) < 4.78 is 29.1. The Morgan fingerprint density at radius 1 is 1.24 bits per heavy atom. The van der Waals surface area contributed by atoms with Crippen molar-refractivity contribution in [3.63, 3.8) is 0 Å². The number of likely N-dealkylation sites (tertiary alicyclic amines) is 1. The zero-order chi connectivity index (χ0) is 17.4. The fraction of sp³-hybridized carbons (Fsp3) is 0.389. The van der Waals surface area contributed by atoms with E-state index < -0.39 is 5.82 Å². The van der Waals surface area contributed by atoms with Gasteiger partial charge in [-0.15, -0.1) is 0 Å². The van der Waals surface area contributed by atoms with E-state index in [2.05, 4.69) is 20.0 Å². The van der Waals surface area contributed by atoms with E-state index in [1.807, 2.05) is 13.0 Å². The smallest absolute Gasteiger partial charge is 0.252 e. The summed E-state index contributed by atoms with van der Waals surface area (Å²) in [6.07, 6.45) is 3.54. The van der Waals surface area contributed by atoms with Gasteiger partial charge >= 0.3 is 0 Å². The predicted molar refractivity (Wildman–Crippen MR) is 89.1 cm³/mol. The summed E-state index contributed by atoms with van der Waals surface area (Å²) in [5.41, 5.74) is 2.38. The highest BCUT2D eigenvalue weighted by atomic mass is 19.1. The van der Waals surface area contributed by atoms with Gasteiger partial charge in [-0.1, -0.05) is 0 Å². The van der Waals surface area contributed by atoms with Crippen molar-refractivity contribution in [2.75, 3.05) is 13.1 Å². The van der Waals surface area contributed by atoms with Crippen LogP contribution in [-0.2, 0) is 6.54 Å². The highest BCUT2D eigenvalue weighted by Crippen LogP contribution is 2.28. The molecule has 1 unspecified atom stereocenters. The van der Waals surface area contributed by atoms with Gasteiger partial charge in [-0.25, -0.2) is 18.3 Å². The molecule has 0 amide bonds. The van der Waals surface area contributed by atoms with Crippen LogP contribution in [0.4, 0.5) is 8.78 Å². The molecule has 3 heterocycles. The van der Waals surface area contributed by atoms with Gasteiger partial charge in [0.15, 0.2) is 0 Å². The zero-order valence-corrected chi connectivity index (χ0v) is 14.0. The second-order valence-electron chi connectivity index (χ2n) is 6.60. The summed E-state index contributed by atoms with van der Waals surface area (Å²) in [6, 6.07) is 5.67. The molecule has 3 aromatic rings. The lowest BCUT2D eigenvalue weighted by Gasteiger charge is -2.33. The number of aromatic nitrogens is 4. The maximum absolute atomic E-state index is 13.9. The van der Waals surface area contributed by atoms with Crippen LogP contribution in [0.5, 0.6) is 0 Å². The Morgan fingerprint density at radius 3 is 3.00 bits per heavy atom. The lowest BCUT2D eigenvalue weighted by atomic mass is 9.93. The topological polar surface area (TPSA) is 46.3 Å². The maximum atomic E-state index is 13.9. The van der Waals surface area contributed by atoms with Crippen LogP contribution in [-0.4, -0.2) is 37.6 Å². The van der Waals surface area contributed by atoms with Gasteiger partial charge in [0.2, 0.25) is 0 Å². The predicted octanol–water partition coefficient (Wildman–Crippen LogP) is 3.09. The minimum Gasteiger partial charge on any atom is -0.298 e. The van der Waals surface area contributed by atoms with Gasteiger partial charge in [0.25, 0.3) is 5.78 Å². The molecule has 0 spiro atoms. The number of halogens is 2. The Hall–Kier alpha value is -2.41. The summed E-state index contributed by atoms with van der Waals surface area (Å²) >= 11 is 0. The molecule has 0 aliphatic carbocycles. The van der Waals surface area contributed by atoms with E-state index in [4.69, 9.17) is 0 Å². The number of benzene rings is 1. The van der Waals surface area contributed by atoms with Crippen molar-refractivity contribution in [3.8, 4) is 0 Å². The first-order valence-electron chi connectivity index (χ1n) is 8.44. The molecule has 0 bridgehead atoms. The average molecular weight is 343 g/mol. The molecule has 25 heavy (non-hydrogen) atoms. The number of piperidine rings is 1. The molecule has 1 saturated heterocycles. The molecule has 5 nitrogen and oxygen atoms in total. The van der Waals surface area contributed by atoms with Crippen LogP contribution in [0.2, 0.25) is 0 Å². The van der Waals surface area contributed by atoms with Crippen molar-refractivity contribution >= 4 is 5.78 Å². The number of fused-ring (bicyclic) bond motifs is 1. The molecule has 4 rings (SSSR count). The molecular weight excluding hydrogens is 324 g/mol. The Labute approximate surface area is 144 Å². The highest BCUT2D eigenvalue weighted by Gasteiger charge is 2.25. The number of nitrogens with zero attached hydrogens (tertiary/aromatic N) is 5. The minimum absolute atomic E-state index is 0.260. The Kier molecular flexibility index (Phi) is 4.17. The van der Waals surface area contributed by atoms with E-state index in [0.29, 0.717) is 17.9 Å². The van der Waals surface area contributed by atoms with Gasteiger partial charge in [0, 0.05) is 30.3 Å². The van der Waals surface area contributed by atoms with Crippen molar-refractivity contribution in [2.45, 2.75) is 32.2 Å². The molecule has 1 fully saturated rings. The monoisotopic (exact) mass is 343 g/mol. The van der Waals surface area contributed by atoms with Crippen molar-refractivity contribution in [1.82, 2.24) is 24.5 Å². The van der Waals surface area contributed by atoms with Gasteiger partial charge in [0.05, 0.1) is 5.69 Å².